The van der Waals surface area contributed by atoms with Crippen LogP contribution in [0.15, 0.2) is 18.2 Å². The van der Waals surface area contributed by atoms with Gasteiger partial charge >= 0.3 is 0 Å². The molecule has 1 aromatic carbocycles. The van der Waals surface area contributed by atoms with Gasteiger partial charge in [-0.05, 0) is 19.8 Å². The molecule has 0 aliphatic heterocycles. The molecule has 1 aliphatic carbocycles. The van der Waals surface area contributed by atoms with Crippen molar-refractivity contribution >= 4 is 11.6 Å². The third-order valence-corrected chi connectivity index (χ3v) is 4.58. The van der Waals surface area contributed by atoms with E-state index in [0.29, 0.717) is 17.5 Å². The van der Waals surface area contributed by atoms with Crippen molar-refractivity contribution in [1.29, 1.82) is 0 Å². The monoisotopic (exact) mass is 320 g/mol. The van der Waals surface area contributed by atoms with Gasteiger partial charge in [0.1, 0.15) is 17.5 Å². The number of anilines is 1. The van der Waals surface area contributed by atoms with Gasteiger partial charge in [-0.2, -0.15) is 0 Å². The van der Waals surface area contributed by atoms with Crippen LogP contribution in [0, 0.1) is 0 Å². The van der Waals surface area contributed by atoms with Gasteiger partial charge in [0, 0.05) is 37.0 Å². The minimum atomic E-state index is -0.293. The maximum atomic E-state index is 12.7. The maximum Gasteiger partial charge on any atom is 0.244 e. The molecule has 0 saturated heterocycles. The topological polar surface area (TPSA) is 50.8 Å². The van der Waals surface area contributed by atoms with E-state index in [-0.39, 0.29) is 11.9 Å². The van der Waals surface area contributed by atoms with E-state index < -0.39 is 0 Å². The first-order chi connectivity index (χ1) is 11.0. The van der Waals surface area contributed by atoms with E-state index in [1.807, 2.05) is 37.1 Å². The fraction of sp³-hybridized carbons (Fsp3) is 0.611. The number of amides is 1. The Bertz CT molecular complexity index is 505. The molecule has 1 fully saturated rings. The molecular formula is C18H28N2O3. The molecule has 0 aromatic heterocycles. The van der Waals surface area contributed by atoms with Gasteiger partial charge in [-0.3, -0.25) is 4.79 Å². The highest BCUT2D eigenvalue weighted by atomic mass is 16.5. The Morgan fingerprint density at radius 3 is 2.22 bits per heavy atom. The molecule has 1 atom stereocenters. The standard InChI is InChI=1S/C18H28N2O3/c1-13(18(21)20(2)15-8-6-5-7-9-15)19-14-10-16(22-3)12-17(11-14)23-4/h10-13,15,19H,5-9H2,1-4H3/t13-/m1/s1. The summed E-state index contributed by atoms with van der Waals surface area (Å²) < 4.78 is 10.5. The van der Waals surface area contributed by atoms with Crippen LogP contribution in [0.5, 0.6) is 11.5 Å². The average Bonchev–Trinajstić information content (AvgIpc) is 2.60. The van der Waals surface area contributed by atoms with Crippen LogP contribution in [-0.2, 0) is 4.79 Å². The number of methoxy groups -OCH3 is 2. The molecule has 0 bridgehead atoms. The number of rotatable bonds is 6. The predicted octanol–water partition coefficient (Wildman–Crippen LogP) is 3.30. The van der Waals surface area contributed by atoms with Gasteiger partial charge in [0.25, 0.3) is 0 Å². The van der Waals surface area contributed by atoms with Crippen molar-refractivity contribution in [2.24, 2.45) is 0 Å². The summed E-state index contributed by atoms with van der Waals surface area (Å²) in [6.07, 6.45) is 5.95. The number of likely N-dealkylation sites (N-methyl/N-ethyl adjacent to an activating group) is 1. The quantitative estimate of drug-likeness (QED) is 0.874. The summed E-state index contributed by atoms with van der Waals surface area (Å²) in [5.41, 5.74) is 0.819. The van der Waals surface area contributed by atoms with Gasteiger partial charge < -0.3 is 19.7 Å². The lowest BCUT2D eigenvalue weighted by Crippen LogP contribution is -2.45. The van der Waals surface area contributed by atoms with E-state index in [0.717, 1.165) is 18.5 Å². The zero-order valence-electron chi connectivity index (χ0n) is 14.6. The fourth-order valence-electron chi connectivity index (χ4n) is 3.16. The number of benzene rings is 1. The summed E-state index contributed by atoms with van der Waals surface area (Å²) in [7, 11) is 5.15. The Hall–Kier alpha value is -1.91. The minimum Gasteiger partial charge on any atom is -0.497 e. The Balaban J connectivity index is 2.02. The van der Waals surface area contributed by atoms with Crippen LogP contribution in [0.1, 0.15) is 39.0 Å². The molecule has 23 heavy (non-hydrogen) atoms. The van der Waals surface area contributed by atoms with Crippen LogP contribution in [-0.4, -0.2) is 44.2 Å². The number of carbonyl (C=O) groups excluding carboxylic acids is 1. The molecule has 0 radical (unpaired) electrons. The lowest BCUT2D eigenvalue weighted by Gasteiger charge is -2.33. The molecule has 5 heteroatoms. The largest absolute Gasteiger partial charge is 0.497 e. The second kappa shape index (κ2) is 8.09. The van der Waals surface area contributed by atoms with Crippen LogP contribution in [0.2, 0.25) is 0 Å². The van der Waals surface area contributed by atoms with E-state index in [4.69, 9.17) is 9.47 Å². The summed E-state index contributed by atoms with van der Waals surface area (Å²) in [6, 6.07) is 5.63. The first-order valence-corrected chi connectivity index (χ1v) is 8.31. The first-order valence-electron chi connectivity index (χ1n) is 8.31. The van der Waals surface area contributed by atoms with Crippen LogP contribution < -0.4 is 14.8 Å². The molecular weight excluding hydrogens is 292 g/mol. The molecule has 5 nitrogen and oxygen atoms in total. The minimum absolute atomic E-state index is 0.124. The van der Waals surface area contributed by atoms with Crippen molar-refractivity contribution < 1.29 is 14.3 Å². The SMILES string of the molecule is COc1cc(N[C@H](C)C(=O)N(C)C2CCCCC2)cc(OC)c1. The average molecular weight is 320 g/mol. The zero-order chi connectivity index (χ0) is 16.8. The summed E-state index contributed by atoms with van der Waals surface area (Å²) >= 11 is 0. The number of hydrogen-bond acceptors (Lipinski definition) is 4. The Morgan fingerprint density at radius 1 is 1.13 bits per heavy atom. The van der Waals surface area contributed by atoms with Crippen LogP contribution >= 0.6 is 0 Å². The molecule has 1 aliphatic rings. The lowest BCUT2D eigenvalue weighted by molar-refractivity contribution is -0.133. The Morgan fingerprint density at radius 2 is 1.70 bits per heavy atom. The number of nitrogens with one attached hydrogen (secondary N) is 1. The van der Waals surface area contributed by atoms with E-state index >= 15 is 0 Å². The third-order valence-electron chi connectivity index (χ3n) is 4.58. The summed E-state index contributed by atoms with van der Waals surface area (Å²) in [5, 5.41) is 3.26. The van der Waals surface area contributed by atoms with Gasteiger partial charge in [0.15, 0.2) is 0 Å². The highest BCUT2D eigenvalue weighted by Gasteiger charge is 2.25. The smallest absolute Gasteiger partial charge is 0.244 e. The third kappa shape index (κ3) is 4.53. The number of ether oxygens (including phenoxy) is 2. The van der Waals surface area contributed by atoms with E-state index in [2.05, 4.69) is 5.32 Å². The zero-order valence-corrected chi connectivity index (χ0v) is 14.6. The van der Waals surface area contributed by atoms with Crippen molar-refractivity contribution in [3.8, 4) is 11.5 Å². The number of hydrogen-bond donors (Lipinski definition) is 1. The van der Waals surface area contributed by atoms with E-state index in [1.54, 1.807) is 14.2 Å². The van der Waals surface area contributed by atoms with E-state index in [9.17, 15) is 4.79 Å². The van der Waals surface area contributed by atoms with Gasteiger partial charge in [-0.15, -0.1) is 0 Å². The Kier molecular flexibility index (Phi) is 6.13. The molecule has 0 heterocycles. The highest BCUT2D eigenvalue weighted by molar-refractivity contribution is 5.84. The van der Waals surface area contributed by atoms with E-state index in [1.165, 1.54) is 19.3 Å². The van der Waals surface area contributed by atoms with Crippen molar-refractivity contribution in [1.82, 2.24) is 4.90 Å². The summed E-state index contributed by atoms with van der Waals surface area (Å²) in [6.45, 7) is 1.90. The lowest BCUT2D eigenvalue weighted by atomic mass is 9.94. The van der Waals surface area contributed by atoms with Gasteiger partial charge in [0.05, 0.1) is 14.2 Å². The van der Waals surface area contributed by atoms with Gasteiger partial charge in [-0.25, -0.2) is 0 Å². The summed E-state index contributed by atoms with van der Waals surface area (Å²) in [4.78, 5) is 14.6. The maximum absolute atomic E-state index is 12.7. The van der Waals surface area contributed by atoms with Crippen molar-refractivity contribution in [3.05, 3.63) is 18.2 Å². The fourth-order valence-corrected chi connectivity index (χ4v) is 3.16. The molecule has 1 aromatic rings. The molecule has 1 N–H and O–H groups in total. The van der Waals surface area contributed by atoms with Crippen molar-refractivity contribution in [3.63, 3.8) is 0 Å². The normalized spacial score (nSPS) is 16.5. The summed E-state index contributed by atoms with van der Waals surface area (Å²) in [5.74, 6) is 1.53. The molecule has 1 saturated carbocycles. The molecule has 1 amide bonds. The molecule has 0 spiro atoms. The van der Waals surface area contributed by atoms with Gasteiger partial charge in [0.2, 0.25) is 5.91 Å². The predicted molar refractivity (Wildman–Crippen MR) is 92.3 cm³/mol. The second-order valence-electron chi connectivity index (χ2n) is 6.21. The second-order valence-corrected chi connectivity index (χ2v) is 6.21. The first kappa shape index (κ1) is 17.4. The van der Waals surface area contributed by atoms with Crippen LogP contribution in [0.3, 0.4) is 0 Å². The molecule has 128 valence electrons. The molecule has 2 rings (SSSR count). The molecule has 0 unspecified atom stereocenters. The van der Waals surface area contributed by atoms with Crippen molar-refractivity contribution in [2.75, 3.05) is 26.6 Å². The van der Waals surface area contributed by atoms with Crippen molar-refractivity contribution in [2.45, 2.75) is 51.1 Å². The van der Waals surface area contributed by atoms with Crippen LogP contribution in [0.25, 0.3) is 0 Å². The van der Waals surface area contributed by atoms with Gasteiger partial charge in [-0.1, -0.05) is 19.3 Å². The van der Waals surface area contributed by atoms with Crippen LogP contribution in [0.4, 0.5) is 5.69 Å². The number of nitrogens with zero attached hydrogens (tertiary/aromatic N) is 1. The Labute approximate surface area is 139 Å². The number of carbonyl (C=O) groups is 1. The highest BCUT2D eigenvalue weighted by Crippen LogP contribution is 2.27.